The molecule has 0 saturated carbocycles. The zero-order valence-corrected chi connectivity index (χ0v) is 17.7. The van der Waals surface area contributed by atoms with Gasteiger partial charge in [-0.05, 0) is 43.0 Å². The fraction of sp³-hybridized carbons (Fsp3) is 0.333. The predicted octanol–water partition coefficient (Wildman–Crippen LogP) is 4.56. The van der Waals surface area contributed by atoms with Gasteiger partial charge in [-0.3, -0.25) is 0 Å². The van der Waals surface area contributed by atoms with Crippen LogP contribution < -0.4 is 0 Å². The van der Waals surface area contributed by atoms with Crippen LogP contribution in [-0.2, 0) is 18.0 Å². The highest BCUT2D eigenvalue weighted by atomic mass is 35.5. The van der Waals surface area contributed by atoms with Gasteiger partial charge in [0, 0.05) is 17.3 Å². The molecule has 0 atom stereocenters. The molecule has 0 bridgehead atoms. The van der Waals surface area contributed by atoms with Crippen LogP contribution in [0, 0.1) is 19.8 Å². The second kappa shape index (κ2) is 7.83. The van der Waals surface area contributed by atoms with Gasteiger partial charge in [0.1, 0.15) is 12.0 Å². The Morgan fingerprint density at radius 3 is 2.66 bits per heavy atom. The van der Waals surface area contributed by atoms with E-state index in [0.717, 1.165) is 28.8 Å². The summed E-state index contributed by atoms with van der Waals surface area (Å²) in [5.41, 5.74) is 5.03. The van der Waals surface area contributed by atoms with Crippen molar-refractivity contribution >= 4 is 34.5 Å². The molecular formula is C21H23ClN6O. The number of hydrogen-bond donors (Lipinski definition) is 0. The number of aryl methyl sites for hydroxylation is 1. The van der Waals surface area contributed by atoms with E-state index in [4.69, 9.17) is 16.4 Å². The Bertz CT molecular complexity index is 1190. The van der Waals surface area contributed by atoms with Crippen LogP contribution in [0.25, 0.3) is 16.7 Å². The van der Waals surface area contributed by atoms with Crippen LogP contribution in [-0.4, -0.2) is 30.4 Å². The summed E-state index contributed by atoms with van der Waals surface area (Å²) >= 11 is 5.88. The molecule has 4 aromatic rings. The van der Waals surface area contributed by atoms with Gasteiger partial charge < -0.3 is 9.40 Å². The fourth-order valence-electron chi connectivity index (χ4n) is 3.37. The summed E-state index contributed by atoms with van der Waals surface area (Å²) in [4.78, 5) is 14.7. The van der Waals surface area contributed by atoms with Gasteiger partial charge in [0.05, 0.1) is 11.6 Å². The normalized spacial score (nSPS) is 12.1. The van der Waals surface area contributed by atoms with Gasteiger partial charge in [-0.15, -0.1) is 5.10 Å². The van der Waals surface area contributed by atoms with E-state index in [2.05, 4.69) is 52.5 Å². The first-order valence-electron chi connectivity index (χ1n) is 9.54. The summed E-state index contributed by atoms with van der Waals surface area (Å²) < 4.78 is 3.96. The molecule has 7 nitrogen and oxygen atoms in total. The Kier molecular flexibility index (Phi) is 5.24. The number of hydrogen-bond acceptors (Lipinski definition) is 5. The summed E-state index contributed by atoms with van der Waals surface area (Å²) in [5.74, 6) is 1.09. The number of nitrogens with zero attached hydrogens (tertiary/aromatic N) is 6. The Morgan fingerprint density at radius 2 is 1.93 bits per heavy atom. The minimum Gasteiger partial charge on any atom is -0.387 e. The van der Waals surface area contributed by atoms with Crippen molar-refractivity contribution in [2.24, 2.45) is 11.1 Å². The molecule has 29 heavy (non-hydrogen) atoms. The van der Waals surface area contributed by atoms with Gasteiger partial charge >= 0.3 is 0 Å². The van der Waals surface area contributed by atoms with E-state index in [9.17, 15) is 0 Å². The second-order valence-corrected chi connectivity index (χ2v) is 7.95. The zero-order valence-electron chi connectivity index (χ0n) is 16.9. The Hall–Kier alpha value is -2.93. The molecule has 0 aliphatic carbocycles. The molecule has 8 heteroatoms. The summed E-state index contributed by atoms with van der Waals surface area (Å²) in [5, 5.41) is 10.2. The van der Waals surface area contributed by atoms with Crippen molar-refractivity contribution in [3.63, 3.8) is 0 Å². The van der Waals surface area contributed by atoms with Crippen molar-refractivity contribution in [3.05, 3.63) is 58.3 Å². The van der Waals surface area contributed by atoms with Gasteiger partial charge in [0.15, 0.2) is 18.1 Å². The number of benzene rings is 1. The minimum absolute atomic E-state index is 0.179. The highest BCUT2D eigenvalue weighted by Crippen LogP contribution is 2.27. The van der Waals surface area contributed by atoms with Gasteiger partial charge in [-0.1, -0.05) is 42.7 Å². The standard InChI is InChI=1S/C21H23ClN6O/c1-13(2)10-27-15(4)14(3)19-20(27)23-12-28-21(19)25-18(26-28)11-29-24-9-16-5-7-17(22)8-6-16/h5-9,12-13H,10-11H2,1-4H3/b24-9-. The van der Waals surface area contributed by atoms with E-state index in [0.29, 0.717) is 16.8 Å². The van der Waals surface area contributed by atoms with Crippen molar-refractivity contribution < 1.29 is 4.84 Å². The third kappa shape index (κ3) is 3.82. The van der Waals surface area contributed by atoms with Crippen LogP contribution >= 0.6 is 11.6 Å². The van der Waals surface area contributed by atoms with E-state index < -0.39 is 0 Å². The lowest BCUT2D eigenvalue weighted by atomic mass is 10.2. The SMILES string of the molecule is Cc1c(C)n(CC(C)C)c2ncn3nc(CO/N=C\c4ccc(Cl)cc4)nc3c12. The molecule has 0 radical (unpaired) electrons. The monoisotopic (exact) mass is 410 g/mol. The van der Waals surface area contributed by atoms with E-state index in [1.807, 2.05) is 12.1 Å². The Morgan fingerprint density at radius 1 is 1.17 bits per heavy atom. The van der Waals surface area contributed by atoms with Crippen LogP contribution in [0.3, 0.4) is 0 Å². The predicted molar refractivity (Wildman–Crippen MR) is 114 cm³/mol. The molecule has 0 saturated heterocycles. The summed E-state index contributed by atoms with van der Waals surface area (Å²) in [7, 11) is 0. The first-order chi connectivity index (χ1) is 13.9. The molecule has 0 unspecified atom stereocenters. The second-order valence-electron chi connectivity index (χ2n) is 7.51. The van der Waals surface area contributed by atoms with E-state index >= 15 is 0 Å². The quantitative estimate of drug-likeness (QED) is 0.345. The van der Waals surface area contributed by atoms with E-state index in [-0.39, 0.29) is 6.61 Å². The number of rotatable bonds is 6. The van der Waals surface area contributed by atoms with Gasteiger partial charge in [0.2, 0.25) is 0 Å². The maximum absolute atomic E-state index is 5.88. The maximum Gasteiger partial charge on any atom is 0.192 e. The van der Waals surface area contributed by atoms with Crippen LogP contribution in [0.4, 0.5) is 0 Å². The largest absolute Gasteiger partial charge is 0.387 e. The lowest BCUT2D eigenvalue weighted by Crippen LogP contribution is -2.07. The molecule has 4 rings (SSSR count). The minimum atomic E-state index is 0.179. The molecule has 3 heterocycles. The van der Waals surface area contributed by atoms with Crippen LogP contribution in [0.1, 0.15) is 36.5 Å². The van der Waals surface area contributed by atoms with Crippen molar-refractivity contribution in [1.82, 2.24) is 24.1 Å². The van der Waals surface area contributed by atoms with Crippen molar-refractivity contribution in [1.29, 1.82) is 0 Å². The molecule has 0 amide bonds. The first kappa shape index (κ1) is 19.4. The summed E-state index contributed by atoms with van der Waals surface area (Å²) in [6.45, 7) is 9.74. The zero-order chi connectivity index (χ0) is 20.5. The Labute approximate surface area is 174 Å². The molecule has 150 valence electrons. The molecule has 0 N–H and O–H groups in total. The van der Waals surface area contributed by atoms with Crippen molar-refractivity contribution in [3.8, 4) is 0 Å². The first-order valence-corrected chi connectivity index (χ1v) is 9.92. The molecule has 0 aliphatic rings. The highest BCUT2D eigenvalue weighted by Gasteiger charge is 2.18. The van der Waals surface area contributed by atoms with Crippen LogP contribution in [0.2, 0.25) is 5.02 Å². The maximum atomic E-state index is 5.88. The third-order valence-electron chi connectivity index (χ3n) is 4.88. The number of fused-ring (bicyclic) bond motifs is 3. The van der Waals surface area contributed by atoms with Crippen LogP contribution in [0.15, 0.2) is 35.7 Å². The highest BCUT2D eigenvalue weighted by molar-refractivity contribution is 6.30. The average Bonchev–Trinajstić information content (AvgIpc) is 3.21. The Balaban J connectivity index is 1.59. The third-order valence-corrected chi connectivity index (χ3v) is 5.13. The molecule has 1 aromatic carbocycles. The van der Waals surface area contributed by atoms with Crippen molar-refractivity contribution in [2.45, 2.75) is 40.8 Å². The average molecular weight is 411 g/mol. The summed E-state index contributed by atoms with van der Waals surface area (Å²) in [6, 6.07) is 7.35. The topological polar surface area (TPSA) is 69.6 Å². The van der Waals surface area contributed by atoms with E-state index in [1.54, 1.807) is 29.2 Å². The lowest BCUT2D eigenvalue weighted by Gasteiger charge is -2.10. The molecule has 0 spiro atoms. The molecule has 3 aromatic heterocycles. The molecular weight excluding hydrogens is 388 g/mol. The smallest absolute Gasteiger partial charge is 0.192 e. The number of halogens is 1. The van der Waals surface area contributed by atoms with Crippen LogP contribution in [0.5, 0.6) is 0 Å². The fourth-order valence-corrected chi connectivity index (χ4v) is 3.49. The van der Waals surface area contributed by atoms with Gasteiger partial charge in [0.25, 0.3) is 0 Å². The van der Waals surface area contributed by atoms with Gasteiger partial charge in [-0.2, -0.15) is 0 Å². The lowest BCUT2D eigenvalue weighted by molar-refractivity contribution is 0.126. The summed E-state index contributed by atoms with van der Waals surface area (Å²) in [6.07, 6.45) is 3.34. The van der Waals surface area contributed by atoms with Gasteiger partial charge in [-0.25, -0.2) is 14.5 Å². The van der Waals surface area contributed by atoms with E-state index in [1.165, 1.54) is 11.3 Å². The molecule has 0 aliphatic heterocycles. The number of aromatic nitrogens is 5. The van der Waals surface area contributed by atoms with Crippen molar-refractivity contribution in [2.75, 3.05) is 0 Å². The molecule has 0 fully saturated rings. The number of oxime groups is 1.